The summed E-state index contributed by atoms with van der Waals surface area (Å²) in [6, 6.07) is 0. The Morgan fingerprint density at radius 1 is 1.50 bits per heavy atom. The smallest absolute Gasteiger partial charge is 0.290 e. The maximum Gasteiger partial charge on any atom is 0.290 e. The van der Waals surface area contributed by atoms with Crippen molar-refractivity contribution in [1.82, 2.24) is 30.5 Å². The minimum Gasteiger partial charge on any atom is -0.483 e. The van der Waals surface area contributed by atoms with Gasteiger partial charge in [0, 0.05) is 25.7 Å². The predicted octanol–water partition coefficient (Wildman–Crippen LogP) is -0.438. The van der Waals surface area contributed by atoms with Gasteiger partial charge in [-0.25, -0.2) is 0 Å². The van der Waals surface area contributed by atoms with Gasteiger partial charge in [0.1, 0.15) is 5.01 Å². The summed E-state index contributed by atoms with van der Waals surface area (Å²) in [5.41, 5.74) is 0. The molecule has 1 atom stereocenters. The molecule has 0 aromatic carbocycles. The van der Waals surface area contributed by atoms with Gasteiger partial charge in [0.2, 0.25) is 16.9 Å². The van der Waals surface area contributed by atoms with Gasteiger partial charge in [-0.1, -0.05) is 23.5 Å². The van der Waals surface area contributed by atoms with Gasteiger partial charge in [0.25, 0.3) is 6.47 Å². The zero-order valence-electron chi connectivity index (χ0n) is 14.1. The number of aromatic nitrogens is 5. The van der Waals surface area contributed by atoms with Crippen LogP contribution in [0, 0.1) is 5.92 Å². The summed E-state index contributed by atoms with van der Waals surface area (Å²) in [4.78, 5) is 34.2. The van der Waals surface area contributed by atoms with Crippen LogP contribution in [0.4, 0.5) is 5.13 Å². The van der Waals surface area contributed by atoms with E-state index in [1.807, 2.05) is 6.92 Å². The van der Waals surface area contributed by atoms with Crippen LogP contribution in [0.15, 0.2) is 12.4 Å². The molecule has 2 aromatic rings. The van der Waals surface area contributed by atoms with E-state index in [9.17, 15) is 9.59 Å². The molecule has 2 N–H and O–H groups in total. The number of carbonyl (C=O) groups excluding carboxylic acids is 2. The fraction of sp³-hybridized carbons (Fsp3) is 0.500. The van der Waals surface area contributed by atoms with Crippen LogP contribution < -0.4 is 10.2 Å². The van der Waals surface area contributed by atoms with Gasteiger partial charge in [-0.2, -0.15) is 0 Å². The van der Waals surface area contributed by atoms with Crippen molar-refractivity contribution in [3.63, 3.8) is 0 Å². The molecule has 0 spiro atoms. The summed E-state index contributed by atoms with van der Waals surface area (Å²) in [6.07, 6.45) is 4.30. The second kappa shape index (κ2) is 9.56. The first-order chi connectivity index (χ1) is 12.6. The lowest BCUT2D eigenvalue weighted by Gasteiger charge is -2.12. The summed E-state index contributed by atoms with van der Waals surface area (Å²) in [5, 5.41) is 26.8. The van der Waals surface area contributed by atoms with Gasteiger partial charge in [-0.05, 0) is 6.42 Å². The van der Waals surface area contributed by atoms with Gasteiger partial charge in [0.15, 0.2) is 0 Å². The Balaban J connectivity index is 0.000000758. The van der Waals surface area contributed by atoms with Crippen LogP contribution in [0.3, 0.4) is 0 Å². The second-order valence-electron chi connectivity index (χ2n) is 5.30. The highest BCUT2D eigenvalue weighted by Crippen LogP contribution is 2.28. The number of nitrogens with one attached hydrogen (secondary N) is 1. The van der Waals surface area contributed by atoms with Crippen molar-refractivity contribution < 1.29 is 19.5 Å². The summed E-state index contributed by atoms with van der Waals surface area (Å²) in [6.45, 7) is 3.09. The summed E-state index contributed by atoms with van der Waals surface area (Å²) in [5.74, 6) is -0.561. The average molecular weight is 381 g/mol. The number of carbonyl (C=O) groups is 3. The summed E-state index contributed by atoms with van der Waals surface area (Å²) in [7, 11) is 0. The Labute approximate surface area is 153 Å². The number of amides is 2. The van der Waals surface area contributed by atoms with Crippen molar-refractivity contribution in [2.24, 2.45) is 5.92 Å². The normalized spacial score (nSPS) is 16.1. The van der Waals surface area contributed by atoms with Crippen molar-refractivity contribution in [3.05, 3.63) is 17.4 Å². The zero-order chi connectivity index (χ0) is 18.9. The molecule has 1 saturated heterocycles. The first-order valence-electron chi connectivity index (χ1n) is 7.91. The zero-order valence-corrected chi connectivity index (χ0v) is 14.9. The molecule has 140 valence electrons. The van der Waals surface area contributed by atoms with E-state index in [4.69, 9.17) is 9.90 Å². The van der Waals surface area contributed by atoms with E-state index in [0.717, 1.165) is 11.4 Å². The van der Waals surface area contributed by atoms with Gasteiger partial charge in [-0.15, -0.1) is 15.3 Å². The predicted molar refractivity (Wildman–Crippen MR) is 91.5 cm³/mol. The number of aryl methyl sites for hydroxylation is 1. The van der Waals surface area contributed by atoms with Crippen LogP contribution in [0.2, 0.25) is 0 Å². The molecule has 0 bridgehead atoms. The molecular weight excluding hydrogens is 362 g/mol. The molecule has 3 heterocycles. The van der Waals surface area contributed by atoms with Crippen LogP contribution in [0.25, 0.3) is 0 Å². The highest BCUT2D eigenvalue weighted by atomic mass is 32.1. The van der Waals surface area contributed by atoms with Crippen LogP contribution in [0.5, 0.6) is 0 Å². The van der Waals surface area contributed by atoms with Crippen molar-refractivity contribution in [1.29, 1.82) is 0 Å². The molecule has 11 nitrogen and oxygen atoms in total. The van der Waals surface area contributed by atoms with E-state index in [2.05, 4.69) is 25.8 Å². The average Bonchev–Trinajstić information content (AvgIpc) is 3.35. The Morgan fingerprint density at radius 3 is 2.88 bits per heavy atom. The van der Waals surface area contributed by atoms with Crippen LogP contribution in [-0.2, 0) is 27.3 Å². The SMILES string of the molecule is CCc1nnc(N2CC(C(=O)NCCn3ccnn3)CC2=O)s1.O=CO. The van der Waals surface area contributed by atoms with E-state index in [1.54, 1.807) is 22.0 Å². The lowest BCUT2D eigenvalue weighted by atomic mass is 10.1. The highest BCUT2D eigenvalue weighted by Gasteiger charge is 2.36. The number of carboxylic acid groups (broad SMARTS) is 1. The van der Waals surface area contributed by atoms with Gasteiger partial charge < -0.3 is 10.4 Å². The number of nitrogens with zero attached hydrogens (tertiary/aromatic N) is 6. The van der Waals surface area contributed by atoms with E-state index in [-0.39, 0.29) is 30.6 Å². The van der Waals surface area contributed by atoms with E-state index in [0.29, 0.717) is 24.8 Å². The molecule has 3 rings (SSSR count). The number of anilines is 1. The Kier molecular flexibility index (Phi) is 7.14. The standard InChI is InChI=1S/C13H17N7O2S.CH2O2/c1-2-10-16-17-13(23-10)20-8-9(7-11(20)21)12(22)14-3-5-19-6-4-15-18-19;2-1-3/h4,6,9H,2-3,5,7-8H2,1H3,(H,14,22);1H,(H,2,3). The van der Waals surface area contributed by atoms with Crippen molar-refractivity contribution in [2.45, 2.75) is 26.3 Å². The van der Waals surface area contributed by atoms with Crippen molar-refractivity contribution in [2.75, 3.05) is 18.0 Å². The van der Waals surface area contributed by atoms with Crippen molar-refractivity contribution in [3.8, 4) is 0 Å². The summed E-state index contributed by atoms with van der Waals surface area (Å²) >= 11 is 1.40. The number of hydrogen-bond donors (Lipinski definition) is 2. The minimum absolute atomic E-state index is 0.0831. The first-order valence-corrected chi connectivity index (χ1v) is 8.73. The quantitative estimate of drug-likeness (QED) is 0.641. The highest BCUT2D eigenvalue weighted by molar-refractivity contribution is 7.15. The third-order valence-corrected chi connectivity index (χ3v) is 4.69. The van der Waals surface area contributed by atoms with E-state index < -0.39 is 0 Å². The molecule has 1 aliphatic heterocycles. The van der Waals surface area contributed by atoms with Crippen molar-refractivity contribution >= 4 is 34.8 Å². The molecule has 1 fully saturated rings. The summed E-state index contributed by atoms with van der Waals surface area (Å²) < 4.78 is 1.64. The van der Waals surface area contributed by atoms with Crippen LogP contribution in [-0.4, -0.2) is 61.7 Å². The van der Waals surface area contributed by atoms with Gasteiger partial charge in [0.05, 0.1) is 18.7 Å². The topological polar surface area (TPSA) is 143 Å². The molecule has 2 aromatic heterocycles. The number of rotatable bonds is 6. The van der Waals surface area contributed by atoms with Crippen LogP contribution in [0.1, 0.15) is 18.4 Å². The first kappa shape index (κ1) is 19.4. The lowest BCUT2D eigenvalue weighted by molar-refractivity contribution is -0.126. The molecule has 0 saturated carbocycles. The second-order valence-corrected chi connectivity index (χ2v) is 6.34. The molecule has 12 heteroatoms. The van der Waals surface area contributed by atoms with Gasteiger partial charge >= 0.3 is 0 Å². The van der Waals surface area contributed by atoms with E-state index in [1.165, 1.54) is 11.3 Å². The van der Waals surface area contributed by atoms with E-state index >= 15 is 0 Å². The largest absolute Gasteiger partial charge is 0.483 e. The number of hydrogen-bond acceptors (Lipinski definition) is 8. The third kappa shape index (κ3) is 5.05. The molecule has 2 amide bonds. The minimum atomic E-state index is -0.354. The molecule has 0 radical (unpaired) electrons. The lowest BCUT2D eigenvalue weighted by Crippen LogP contribution is -2.34. The molecule has 26 heavy (non-hydrogen) atoms. The fourth-order valence-corrected chi connectivity index (χ4v) is 3.16. The maximum absolute atomic E-state index is 12.2. The molecular formula is C14H19N7O4S. The fourth-order valence-electron chi connectivity index (χ4n) is 2.35. The Bertz CT molecular complexity index is 733. The van der Waals surface area contributed by atoms with Crippen LogP contribution >= 0.6 is 11.3 Å². The van der Waals surface area contributed by atoms with Gasteiger partial charge in [-0.3, -0.25) is 24.0 Å². The maximum atomic E-state index is 12.2. The Hall–Kier alpha value is -2.89. The third-order valence-electron chi connectivity index (χ3n) is 3.60. The Morgan fingerprint density at radius 2 is 2.27 bits per heavy atom. The molecule has 1 aliphatic rings. The molecule has 1 unspecified atom stereocenters. The molecule has 0 aliphatic carbocycles. The monoisotopic (exact) mass is 381 g/mol.